The summed E-state index contributed by atoms with van der Waals surface area (Å²) in [5.74, 6) is 1.29. The van der Waals surface area contributed by atoms with Gasteiger partial charge in [-0.05, 0) is 75.2 Å². The van der Waals surface area contributed by atoms with Gasteiger partial charge in [0.15, 0.2) is 5.78 Å². The fraction of sp³-hybridized carbons (Fsp3) is 0.308. The van der Waals surface area contributed by atoms with Gasteiger partial charge >= 0.3 is 5.97 Å². The Morgan fingerprint density at radius 1 is 1.00 bits per heavy atom. The standard InChI is InChI=1S/C26H30O6/c1-7-8-19-15-20(24(30-6)16-23(19)29-5)11-14-22(27)18-9-12-21(13-10-18)31-17-32-25(28)26(2,3)4/h7,9-16H,1,8,17H2,2-6H3. The van der Waals surface area contributed by atoms with E-state index in [1.54, 1.807) is 77.5 Å². The second kappa shape index (κ2) is 11.2. The fourth-order valence-electron chi connectivity index (χ4n) is 2.78. The van der Waals surface area contributed by atoms with Crippen LogP contribution in [0.4, 0.5) is 0 Å². The molecule has 6 heteroatoms. The highest BCUT2D eigenvalue weighted by Crippen LogP contribution is 2.30. The predicted molar refractivity (Wildman–Crippen MR) is 124 cm³/mol. The van der Waals surface area contributed by atoms with E-state index >= 15 is 0 Å². The molecule has 0 unspecified atom stereocenters. The van der Waals surface area contributed by atoms with Gasteiger partial charge in [0.05, 0.1) is 19.6 Å². The van der Waals surface area contributed by atoms with Gasteiger partial charge in [0, 0.05) is 17.2 Å². The van der Waals surface area contributed by atoms with Crippen molar-refractivity contribution < 1.29 is 28.5 Å². The summed E-state index contributed by atoms with van der Waals surface area (Å²) in [5, 5.41) is 0. The van der Waals surface area contributed by atoms with Gasteiger partial charge in [-0.25, -0.2) is 0 Å². The summed E-state index contributed by atoms with van der Waals surface area (Å²) in [4.78, 5) is 24.3. The summed E-state index contributed by atoms with van der Waals surface area (Å²) in [7, 11) is 3.17. The Labute approximate surface area is 189 Å². The highest BCUT2D eigenvalue weighted by atomic mass is 16.7. The first kappa shape index (κ1) is 24.7. The van der Waals surface area contributed by atoms with Gasteiger partial charge in [0.1, 0.15) is 17.2 Å². The van der Waals surface area contributed by atoms with Crippen LogP contribution in [0, 0.1) is 5.41 Å². The molecule has 0 spiro atoms. The quantitative estimate of drug-likeness (QED) is 0.166. The van der Waals surface area contributed by atoms with Crippen molar-refractivity contribution in [2.45, 2.75) is 27.2 Å². The first-order valence-electron chi connectivity index (χ1n) is 10.2. The van der Waals surface area contributed by atoms with Crippen molar-refractivity contribution in [1.82, 2.24) is 0 Å². The molecule has 2 rings (SSSR count). The number of ketones is 1. The molecule has 2 aromatic carbocycles. The SMILES string of the molecule is C=CCc1cc(C=CC(=O)c2ccc(OCOC(=O)C(C)(C)C)cc2)c(OC)cc1OC. The number of carbonyl (C=O) groups is 2. The number of esters is 1. The lowest BCUT2D eigenvalue weighted by atomic mass is 9.98. The van der Waals surface area contributed by atoms with Gasteiger partial charge < -0.3 is 18.9 Å². The maximum Gasteiger partial charge on any atom is 0.314 e. The average molecular weight is 439 g/mol. The van der Waals surface area contributed by atoms with Crippen LogP contribution in [0.5, 0.6) is 17.2 Å². The van der Waals surface area contributed by atoms with E-state index in [4.69, 9.17) is 18.9 Å². The molecule has 0 N–H and O–H groups in total. The summed E-state index contributed by atoms with van der Waals surface area (Å²) < 4.78 is 21.3. The van der Waals surface area contributed by atoms with E-state index in [9.17, 15) is 9.59 Å². The number of methoxy groups -OCH3 is 2. The van der Waals surface area contributed by atoms with Crippen LogP contribution in [-0.2, 0) is 16.0 Å². The van der Waals surface area contributed by atoms with Crippen LogP contribution in [0.2, 0.25) is 0 Å². The van der Waals surface area contributed by atoms with Gasteiger partial charge in [-0.2, -0.15) is 0 Å². The summed E-state index contributed by atoms with van der Waals surface area (Å²) in [6.07, 6.45) is 5.62. The molecule has 0 saturated heterocycles. The largest absolute Gasteiger partial charge is 0.496 e. The van der Waals surface area contributed by atoms with E-state index < -0.39 is 5.41 Å². The van der Waals surface area contributed by atoms with E-state index in [2.05, 4.69) is 6.58 Å². The van der Waals surface area contributed by atoms with Gasteiger partial charge in [-0.3, -0.25) is 9.59 Å². The second-order valence-corrected chi connectivity index (χ2v) is 8.06. The highest BCUT2D eigenvalue weighted by molar-refractivity contribution is 6.07. The molecule has 0 aliphatic carbocycles. The number of carbonyl (C=O) groups excluding carboxylic acids is 2. The molecular weight excluding hydrogens is 408 g/mol. The van der Waals surface area contributed by atoms with Crippen molar-refractivity contribution >= 4 is 17.8 Å². The Hall–Kier alpha value is -3.54. The minimum atomic E-state index is -0.592. The zero-order valence-electron chi connectivity index (χ0n) is 19.3. The number of benzene rings is 2. The van der Waals surface area contributed by atoms with Crippen LogP contribution in [-0.4, -0.2) is 32.8 Å². The van der Waals surface area contributed by atoms with Gasteiger partial charge in [-0.1, -0.05) is 6.08 Å². The average Bonchev–Trinajstić information content (AvgIpc) is 2.77. The molecule has 0 atom stereocenters. The Kier molecular flexibility index (Phi) is 8.64. The van der Waals surface area contributed by atoms with E-state index in [0.29, 0.717) is 29.2 Å². The molecule has 0 fully saturated rings. The Morgan fingerprint density at radius 3 is 2.22 bits per heavy atom. The molecule has 0 aliphatic rings. The summed E-state index contributed by atoms with van der Waals surface area (Å²) in [6.45, 7) is 8.89. The van der Waals surface area contributed by atoms with Gasteiger partial charge in [0.25, 0.3) is 0 Å². The maximum atomic E-state index is 12.6. The third-order valence-corrected chi connectivity index (χ3v) is 4.58. The Balaban J connectivity index is 2.07. The zero-order valence-corrected chi connectivity index (χ0v) is 19.3. The molecule has 0 saturated carbocycles. The molecule has 6 nitrogen and oxygen atoms in total. The minimum absolute atomic E-state index is 0.168. The molecule has 0 heterocycles. The number of rotatable bonds is 10. The molecule has 2 aromatic rings. The van der Waals surface area contributed by atoms with Crippen molar-refractivity contribution in [3.63, 3.8) is 0 Å². The van der Waals surface area contributed by atoms with Crippen LogP contribution in [0.1, 0.15) is 42.3 Å². The third kappa shape index (κ3) is 6.74. The number of ether oxygens (including phenoxy) is 4. The van der Waals surface area contributed by atoms with Crippen molar-refractivity contribution in [1.29, 1.82) is 0 Å². The normalized spacial score (nSPS) is 11.2. The van der Waals surface area contributed by atoms with E-state index in [0.717, 1.165) is 11.1 Å². The highest BCUT2D eigenvalue weighted by Gasteiger charge is 2.23. The van der Waals surface area contributed by atoms with Crippen LogP contribution in [0.15, 0.2) is 55.1 Å². The monoisotopic (exact) mass is 438 g/mol. The Morgan fingerprint density at radius 2 is 1.66 bits per heavy atom. The molecule has 0 aliphatic heterocycles. The molecule has 0 radical (unpaired) electrons. The van der Waals surface area contributed by atoms with Gasteiger partial charge in [0.2, 0.25) is 6.79 Å². The van der Waals surface area contributed by atoms with Crippen molar-refractivity contribution in [3.05, 3.63) is 71.8 Å². The maximum absolute atomic E-state index is 12.6. The zero-order chi connectivity index (χ0) is 23.7. The van der Waals surface area contributed by atoms with E-state index in [-0.39, 0.29) is 18.5 Å². The number of hydrogen-bond donors (Lipinski definition) is 0. The topological polar surface area (TPSA) is 71.1 Å². The predicted octanol–water partition coefficient (Wildman–Crippen LogP) is 5.25. The fourth-order valence-corrected chi connectivity index (χ4v) is 2.78. The number of hydrogen-bond acceptors (Lipinski definition) is 6. The molecule has 0 bridgehead atoms. The lowest BCUT2D eigenvalue weighted by Crippen LogP contribution is -2.24. The van der Waals surface area contributed by atoms with E-state index in [1.807, 2.05) is 6.07 Å². The first-order valence-corrected chi connectivity index (χ1v) is 10.2. The van der Waals surface area contributed by atoms with Crippen molar-refractivity contribution in [2.24, 2.45) is 5.41 Å². The third-order valence-electron chi connectivity index (χ3n) is 4.58. The second-order valence-electron chi connectivity index (χ2n) is 8.06. The van der Waals surface area contributed by atoms with Crippen LogP contribution in [0.25, 0.3) is 6.08 Å². The lowest BCUT2D eigenvalue weighted by molar-refractivity contribution is -0.159. The Bertz CT molecular complexity index is 981. The molecule has 0 amide bonds. The minimum Gasteiger partial charge on any atom is -0.496 e. The van der Waals surface area contributed by atoms with Crippen molar-refractivity contribution in [3.8, 4) is 17.2 Å². The van der Waals surface area contributed by atoms with Crippen LogP contribution in [0.3, 0.4) is 0 Å². The molecule has 32 heavy (non-hydrogen) atoms. The summed E-state index contributed by atoms with van der Waals surface area (Å²) in [6, 6.07) is 10.3. The van der Waals surface area contributed by atoms with Crippen LogP contribution < -0.4 is 14.2 Å². The molecule has 170 valence electrons. The van der Waals surface area contributed by atoms with E-state index in [1.165, 1.54) is 6.08 Å². The lowest BCUT2D eigenvalue weighted by Gasteiger charge is -2.16. The van der Waals surface area contributed by atoms with Crippen LogP contribution >= 0.6 is 0 Å². The summed E-state index contributed by atoms with van der Waals surface area (Å²) >= 11 is 0. The number of allylic oxidation sites excluding steroid dienone is 2. The van der Waals surface area contributed by atoms with Crippen molar-refractivity contribution in [2.75, 3.05) is 21.0 Å². The molecule has 0 aromatic heterocycles. The first-order chi connectivity index (χ1) is 15.2. The smallest absolute Gasteiger partial charge is 0.314 e. The van der Waals surface area contributed by atoms with Gasteiger partial charge in [-0.15, -0.1) is 6.58 Å². The summed E-state index contributed by atoms with van der Waals surface area (Å²) in [5.41, 5.74) is 1.62. The molecular formula is C26H30O6.